The molecule has 0 aliphatic heterocycles. The molecule has 0 amide bonds. The zero-order chi connectivity index (χ0) is 15.6. The third kappa shape index (κ3) is 7.45. The number of aromatic nitrogens is 1. The molecule has 5 heteroatoms. The molecule has 0 bridgehead atoms. The average Bonchev–Trinajstić information content (AvgIpc) is 2.54. The molecule has 0 atom stereocenters. The number of guanidine groups is 1. The van der Waals surface area contributed by atoms with Gasteiger partial charge in [0.25, 0.3) is 0 Å². The van der Waals surface area contributed by atoms with Crippen molar-refractivity contribution in [2.24, 2.45) is 4.99 Å². The Morgan fingerprint density at radius 2 is 1.83 bits per heavy atom. The largest absolute Gasteiger partial charge is 0.357 e. The van der Waals surface area contributed by atoms with Crippen LogP contribution in [0.5, 0.6) is 0 Å². The Bertz CT molecular complexity index is 599. The van der Waals surface area contributed by atoms with Crippen molar-refractivity contribution in [1.29, 1.82) is 0 Å². The lowest BCUT2D eigenvalue weighted by Crippen LogP contribution is -2.38. The maximum Gasteiger partial charge on any atom is 0.191 e. The van der Waals surface area contributed by atoms with Gasteiger partial charge in [0.05, 0.1) is 12.2 Å². The number of halogens is 1. The summed E-state index contributed by atoms with van der Waals surface area (Å²) in [4.78, 5) is 9.06. The van der Waals surface area contributed by atoms with Crippen molar-refractivity contribution in [3.05, 3.63) is 65.5 Å². The van der Waals surface area contributed by atoms with Crippen LogP contribution in [-0.2, 0) is 13.0 Å². The summed E-state index contributed by atoms with van der Waals surface area (Å²) >= 11 is 0. The van der Waals surface area contributed by atoms with E-state index in [4.69, 9.17) is 0 Å². The number of rotatable bonds is 6. The van der Waals surface area contributed by atoms with Crippen molar-refractivity contribution in [2.75, 3.05) is 13.1 Å². The standard InChI is InChI=1S/C18H24N4.HI/c1-3-19-18(20-13-12-16-9-5-4-6-10-16)21-14-17-11-7-8-15(2)22-17;/h4-11H,3,12-14H2,1-2H3,(H2,19,20,21);1H. The van der Waals surface area contributed by atoms with E-state index in [1.807, 2.05) is 31.2 Å². The molecule has 124 valence electrons. The molecule has 0 saturated carbocycles. The van der Waals surface area contributed by atoms with Gasteiger partial charge in [-0.05, 0) is 38.0 Å². The topological polar surface area (TPSA) is 49.3 Å². The van der Waals surface area contributed by atoms with Gasteiger partial charge in [-0.3, -0.25) is 4.98 Å². The predicted octanol–water partition coefficient (Wildman–Crippen LogP) is 3.31. The van der Waals surface area contributed by atoms with Gasteiger partial charge in [-0.15, -0.1) is 24.0 Å². The van der Waals surface area contributed by atoms with Crippen molar-refractivity contribution < 1.29 is 0 Å². The molecule has 0 aliphatic rings. The maximum absolute atomic E-state index is 4.59. The van der Waals surface area contributed by atoms with Crippen molar-refractivity contribution >= 4 is 29.9 Å². The summed E-state index contributed by atoms with van der Waals surface area (Å²) in [5, 5.41) is 6.63. The van der Waals surface area contributed by atoms with Crippen LogP contribution in [-0.4, -0.2) is 24.0 Å². The number of pyridine rings is 1. The molecule has 0 fully saturated rings. The van der Waals surface area contributed by atoms with E-state index in [9.17, 15) is 0 Å². The first-order valence-electron chi connectivity index (χ1n) is 7.76. The number of nitrogens with one attached hydrogen (secondary N) is 2. The SMILES string of the molecule is CCNC(=NCc1cccc(C)n1)NCCc1ccccc1.I. The number of hydrogen-bond donors (Lipinski definition) is 2. The lowest BCUT2D eigenvalue weighted by atomic mass is 10.1. The second-order valence-electron chi connectivity index (χ2n) is 5.13. The molecule has 0 saturated heterocycles. The molecule has 1 heterocycles. The molecule has 0 aliphatic carbocycles. The van der Waals surface area contributed by atoms with Crippen LogP contribution in [0.4, 0.5) is 0 Å². The van der Waals surface area contributed by atoms with Gasteiger partial charge in [-0.1, -0.05) is 36.4 Å². The number of hydrogen-bond acceptors (Lipinski definition) is 2. The highest BCUT2D eigenvalue weighted by atomic mass is 127. The van der Waals surface area contributed by atoms with Crippen molar-refractivity contribution in [3.8, 4) is 0 Å². The Kier molecular flexibility index (Phi) is 9.28. The summed E-state index contributed by atoms with van der Waals surface area (Å²) < 4.78 is 0. The monoisotopic (exact) mass is 424 g/mol. The summed E-state index contributed by atoms with van der Waals surface area (Å²) in [6.07, 6.45) is 0.980. The second-order valence-corrected chi connectivity index (χ2v) is 5.13. The highest BCUT2D eigenvalue weighted by Gasteiger charge is 1.99. The van der Waals surface area contributed by atoms with Gasteiger partial charge in [-0.2, -0.15) is 0 Å². The average molecular weight is 424 g/mol. The molecule has 1 aromatic heterocycles. The molecule has 2 rings (SSSR count). The van der Waals surface area contributed by atoms with Gasteiger partial charge >= 0.3 is 0 Å². The highest BCUT2D eigenvalue weighted by molar-refractivity contribution is 14.0. The molecule has 0 unspecified atom stereocenters. The Morgan fingerprint density at radius 3 is 2.52 bits per heavy atom. The number of aliphatic imine (C=N–C) groups is 1. The van der Waals surface area contributed by atoms with Gasteiger partial charge in [-0.25, -0.2) is 4.99 Å². The van der Waals surface area contributed by atoms with E-state index in [-0.39, 0.29) is 24.0 Å². The van der Waals surface area contributed by atoms with Gasteiger partial charge < -0.3 is 10.6 Å². The Hall–Kier alpha value is -1.63. The molecule has 4 nitrogen and oxygen atoms in total. The van der Waals surface area contributed by atoms with Gasteiger partial charge in [0.2, 0.25) is 0 Å². The molecule has 1 aromatic carbocycles. The minimum Gasteiger partial charge on any atom is -0.357 e. The van der Waals surface area contributed by atoms with Crippen LogP contribution >= 0.6 is 24.0 Å². The van der Waals surface area contributed by atoms with E-state index in [1.165, 1.54) is 5.56 Å². The van der Waals surface area contributed by atoms with Crippen molar-refractivity contribution in [2.45, 2.75) is 26.8 Å². The van der Waals surface area contributed by atoms with E-state index >= 15 is 0 Å². The van der Waals surface area contributed by atoms with Crippen LogP contribution in [0.2, 0.25) is 0 Å². The van der Waals surface area contributed by atoms with Crippen LogP contribution in [0, 0.1) is 6.92 Å². The second kappa shape index (κ2) is 11.0. The zero-order valence-electron chi connectivity index (χ0n) is 13.7. The van der Waals surface area contributed by atoms with Crippen molar-refractivity contribution in [1.82, 2.24) is 15.6 Å². The third-order valence-corrected chi connectivity index (χ3v) is 3.24. The first kappa shape index (κ1) is 19.4. The van der Waals surface area contributed by atoms with Crippen LogP contribution in [0.25, 0.3) is 0 Å². The molecule has 2 N–H and O–H groups in total. The normalized spacial score (nSPS) is 10.8. The Morgan fingerprint density at radius 1 is 1.04 bits per heavy atom. The quantitative estimate of drug-likeness (QED) is 0.425. The molecular weight excluding hydrogens is 399 g/mol. The van der Waals surface area contributed by atoms with Crippen LogP contribution in [0.1, 0.15) is 23.9 Å². The lowest BCUT2D eigenvalue weighted by Gasteiger charge is -2.11. The fourth-order valence-corrected chi connectivity index (χ4v) is 2.16. The molecular formula is C18H25IN4. The zero-order valence-corrected chi connectivity index (χ0v) is 16.1. The van der Waals surface area contributed by atoms with E-state index in [0.717, 1.165) is 36.9 Å². The summed E-state index contributed by atoms with van der Waals surface area (Å²) in [6.45, 7) is 6.35. The lowest BCUT2D eigenvalue weighted by molar-refractivity contribution is 0.796. The first-order valence-corrected chi connectivity index (χ1v) is 7.76. The molecule has 0 radical (unpaired) electrons. The fraction of sp³-hybridized carbons (Fsp3) is 0.333. The van der Waals surface area contributed by atoms with E-state index < -0.39 is 0 Å². The summed E-state index contributed by atoms with van der Waals surface area (Å²) in [7, 11) is 0. The van der Waals surface area contributed by atoms with E-state index in [0.29, 0.717) is 6.54 Å². The summed E-state index contributed by atoms with van der Waals surface area (Å²) in [6, 6.07) is 16.5. The summed E-state index contributed by atoms with van der Waals surface area (Å²) in [5.41, 5.74) is 3.33. The minimum atomic E-state index is 0. The fourth-order valence-electron chi connectivity index (χ4n) is 2.16. The van der Waals surface area contributed by atoms with Crippen molar-refractivity contribution in [3.63, 3.8) is 0 Å². The summed E-state index contributed by atoms with van der Waals surface area (Å²) in [5.74, 6) is 0.835. The molecule has 0 spiro atoms. The predicted molar refractivity (Wildman–Crippen MR) is 107 cm³/mol. The number of nitrogens with zero attached hydrogens (tertiary/aromatic N) is 2. The number of aryl methyl sites for hydroxylation is 1. The smallest absolute Gasteiger partial charge is 0.191 e. The minimum absolute atomic E-state index is 0. The van der Waals surface area contributed by atoms with E-state index in [1.54, 1.807) is 0 Å². The molecule has 23 heavy (non-hydrogen) atoms. The first-order chi connectivity index (χ1) is 10.8. The Balaban J connectivity index is 0.00000264. The van der Waals surface area contributed by atoms with Gasteiger partial charge in [0.1, 0.15) is 0 Å². The van der Waals surface area contributed by atoms with Crippen LogP contribution in [0.3, 0.4) is 0 Å². The molecule has 2 aromatic rings. The van der Waals surface area contributed by atoms with Gasteiger partial charge in [0, 0.05) is 18.8 Å². The number of benzene rings is 1. The third-order valence-electron chi connectivity index (χ3n) is 3.24. The Labute approximate surface area is 155 Å². The highest BCUT2D eigenvalue weighted by Crippen LogP contribution is 2.00. The van der Waals surface area contributed by atoms with E-state index in [2.05, 4.69) is 51.8 Å². The van der Waals surface area contributed by atoms with Gasteiger partial charge in [0.15, 0.2) is 5.96 Å². The maximum atomic E-state index is 4.59. The van der Waals surface area contributed by atoms with Crippen LogP contribution < -0.4 is 10.6 Å². The van der Waals surface area contributed by atoms with Crippen LogP contribution in [0.15, 0.2) is 53.5 Å².